The number of allylic oxidation sites excluding steroid dienone is 3. The molecule has 0 bridgehead atoms. The largest absolute Gasteiger partial charge is 0.390 e. The van der Waals surface area contributed by atoms with Crippen LogP contribution in [-0.2, 0) is 0 Å². The second kappa shape index (κ2) is 7.99. The van der Waals surface area contributed by atoms with E-state index in [1.807, 2.05) is 0 Å². The minimum atomic E-state index is -0.832. The maximum absolute atomic E-state index is 12.2. The van der Waals surface area contributed by atoms with Gasteiger partial charge in [-0.1, -0.05) is 59.8 Å². The molecule has 0 amide bonds. The van der Waals surface area contributed by atoms with Gasteiger partial charge in [0, 0.05) is 5.41 Å². The molecule has 0 unspecified atom stereocenters. The fraction of sp³-hybridized carbons (Fsp3) is 0.857. The molecule has 0 spiro atoms. The van der Waals surface area contributed by atoms with Gasteiger partial charge < -0.3 is 15.3 Å². The highest BCUT2D eigenvalue weighted by Crippen LogP contribution is 2.68. The minimum absolute atomic E-state index is 0.235. The normalized spacial score (nSPS) is 49.4. The van der Waals surface area contributed by atoms with Gasteiger partial charge in [-0.15, -0.1) is 0 Å². The number of aliphatic hydroxyl groups excluding tert-OH is 2. The summed E-state index contributed by atoms with van der Waals surface area (Å²) in [4.78, 5) is 0. The van der Waals surface area contributed by atoms with Crippen molar-refractivity contribution >= 4 is 0 Å². The van der Waals surface area contributed by atoms with Crippen LogP contribution in [0.15, 0.2) is 23.8 Å². The summed E-state index contributed by atoms with van der Waals surface area (Å²) in [5, 5.41) is 33.0. The van der Waals surface area contributed by atoms with Crippen LogP contribution in [0.1, 0.15) is 86.5 Å². The molecule has 0 aromatic carbocycles. The Morgan fingerprint density at radius 1 is 1.00 bits per heavy atom. The average molecular weight is 431 g/mol. The van der Waals surface area contributed by atoms with Crippen LogP contribution in [-0.4, -0.2) is 33.1 Å². The van der Waals surface area contributed by atoms with Gasteiger partial charge in [-0.2, -0.15) is 0 Å². The van der Waals surface area contributed by atoms with Crippen molar-refractivity contribution < 1.29 is 15.3 Å². The molecule has 3 N–H and O–H groups in total. The van der Waals surface area contributed by atoms with Crippen LogP contribution in [0.4, 0.5) is 0 Å². The highest BCUT2D eigenvalue weighted by Gasteiger charge is 2.65. The second-order valence-electron chi connectivity index (χ2n) is 12.5. The Kier molecular flexibility index (Phi) is 6.06. The molecule has 0 aromatic heterocycles. The fourth-order valence-corrected chi connectivity index (χ4v) is 8.09. The zero-order chi connectivity index (χ0) is 22.8. The topological polar surface area (TPSA) is 60.7 Å². The Bertz CT molecular complexity index is 741. The molecular formula is C28H46O3. The van der Waals surface area contributed by atoms with Gasteiger partial charge in [0.25, 0.3) is 0 Å². The second-order valence-corrected chi connectivity index (χ2v) is 12.5. The smallest absolute Gasteiger partial charge is 0.0916 e. The molecule has 0 heterocycles. The van der Waals surface area contributed by atoms with Gasteiger partial charge >= 0.3 is 0 Å². The van der Waals surface area contributed by atoms with Crippen molar-refractivity contribution in [1.29, 1.82) is 0 Å². The molecule has 3 heteroatoms. The molecule has 0 aliphatic heterocycles. The predicted octanol–water partition coefficient (Wildman–Crippen LogP) is 5.50. The number of rotatable bonds is 4. The number of aliphatic hydroxyl groups is 3. The lowest BCUT2D eigenvalue weighted by Crippen LogP contribution is -2.63. The molecule has 3 saturated carbocycles. The van der Waals surface area contributed by atoms with Crippen molar-refractivity contribution in [2.24, 2.45) is 46.3 Å². The van der Waals surface area contributed by atoms with E-state index in [0.717, 1.165) is 19.3 Å². The van der Waals surface area contributed by atoms with E-state index in [2.05, 4.69) is 59.8 Å². The zero-order valence-corrected chi connectivity index (χ0v) is 20.6. The van der Waals surface area contributed by atoms with E-state index in [0.29, 0.717) is 42.4 Å². The molecule has 0 saturated heterocycles. The van der Waals surface area contributed by atoms with E-state index in [-0.39, 0.29) is 16.7 Å². The summed E-state index contributed by atoms with van der Waals surface area (Å²) in [6.07, 6.45) is 12.1. The standard InChI is InChI=1S/C28H46O3/c1-17(2)18(3)7-8-19(4)21-11-12-22-23-10-9-20-15-24(29)25(30)16-27(20,6)28(23,31)14-13-26(21,22)5/h7-8,10,17-22,24-25,29-31H,9,11-16H2,1-6H3/b8-7-/t18-,19+,20-,21+,22-,24-,25-,26+,27-,28+/m0/s1. The molecule has 4 rings (SSSR count). The molecule has 4 aliphatic rings. The molecule has 0 aromatic rings. The molecular weight excluding hydrogens is 384 g/mol. The van der Waals surface area contributed by atoms with E-state index in [1.165, 1.54) is 18.4 Å². The number of hydrogen-bond donors (Lipinski definition) is 3. The number of hydrogen-bond acceptors (Lipinski definition) is 3. The molecule has 31 heavy (non-hydrogen) atoms. The summed E-state index contributed by atoms with van der Waals surface area (Å²) in [6, 6.07) is 0. The number of fused-ring (bicyclic) bond motifs is 5. The maximum atomic E-state index is 12.2. The van der Waals surface area contributed by atoms with Crippen LogP contribution in [0.5, 0.6) is 0 Å². The Labute approximate surface area is 190 Å². The Morgan fingerprint density at radius 3 is 2.39 bits per heavy atom. The molecule has 3 nitrogen and oxygen atoms in total. The van der Waals surface area contributed by atoms with E-state index in [4.69, 9.17) is 0 Å². The van der Waals surface area contributed by atoms with Crippen LogP contribution in [0.2, 0.25) is 0 Å². The first kappa shape index (κ1) is 23.5. The highest BCUT2D eigenvalue weighted by molar-refractivity contribution is 5.35. The van der Waals surface area contributed by atoms with Gasteiger partial charge in [0.1, 0.15) is 0 Å². The lowest BCUT2D eigenvalue weighted by Gasteiger charge is -2.62. The third-order valence-corrected chi connectivity index (χ3v) is 10.8. The van der Waals surface area contributed by atoms with Gasteiger partial charge in [-0.05, 0) is 91.4 Å². The van der Waals surface area contributed by atoms with Crippen molar-refractivity contribution in [3.8, 4) is 0 Å². The van der Waals surface area contributed by atoms with E-state index in [9.17, 15) is 15.3 Å². The Hall–Kier alpha value is -0.640. The van der Waals surface area contributed by atoms with E-state index >= 15 is 0 Å². The average Bonchev–Trinajstić information content (AvgIpc) is 3.05. The lowest BCUT2D eigenvalue weighted by molar-refractivity contribution is -0.180. The summed E-state index contributed by atoms with van der Waals surface area (Å²) in [5.74, 6) is 3.18. The lowest BCUT2D eigenvalue weighted by atomic mass is 9.45. The SMILES string of the molecule is CC(C)[C@@H](C)/C=C\[C@@H](C)[C@H]1CC[C@H]2C3=CC[C@H]4C[C@H](O)[C@@H](O)C[C@]4(C)[C@@]3(O)CC[C@]12C. The summed E-state index contributed by atoms with van der Waals surface area (Å²) >= 11 is 0. The first-order chi connectivity index (χ1) is 14.4. The Balaban J connectivity index is 1.60. The summed E-state index contributed by atoms with van der Waals surface area (Å²) in [5.41, 5.74) is 0.339. The van der Waals surface area contributed by atoms with Crippen molar-refractivity contribution in [3.05, 3.63) is 23.8 Å². The quantitative estimate of drug-likeness (QED) is 0.516. The van der Waals surface area contributed by atoms with Crippen molar-refractivity contribution in [1.82, 2.24) is 0 Å². The molecule has 176 valence electrons. The third kappa shape index (κ3) is 3.49. The van der Waals surface area contributed by atoms with Gasteiger partial charge in [-0.3, -0.25) is 0 Å². The van der Waals surface area contributed by atoms with Gasteiger partial charge in [0.2, 0.25) is 0 Å². The molecule has 3 fully saturated rings. The maximum Gasteiger partial charge on any atom is 0.0916 e. The van der Waals surface area contributed by atoms with Crippen molar-refractivity contribution in [3.63, 3.8) is 0 Å². The van der Waals surface area contributed by atoms with Crippen molar-refractivity contribution in [2.75, 3.05) is 0 Å². The van der Waals surface area contributed by atoms with Crippen LogP contribution in [0, 0.1) is 46.3 Å². The minimum Gasteiger partial charge on any atom is -0.390 e. The van der Waals surface area contributed by atoms with Crippen molar-refractivity contribution in [2.45, 2.75) is 104 Å². The molecule has 4 aliphatic carbocycles. The summed E-state index contributed by atoms with van der Waals surface area (Å²) in [6.45, 7) is 14.0. The van der Waals surface area contributed by atoms with E-state index in [1.54, 1.807) is 0 Å². The monoisotopic (exact) mass is 430 g/mol. The third-order valence-electron chi connectivity index (χ3n) is 10.8. The first-order valence-electron chi connectivity index (χ1n) is 12.9. The highest BCUT2D eigenvalue weighted by atomic mass is 16.3. The van der Waals surface area contributed by atoms with E-state index < -0.39 is 17.8 Å². The molecule has 10 atom stereocenters. The van der Waals surface area contributed by atoms with Crippen LogP contribution >= 0.6 is 0 Å². The van der Waals surface area contributed by atoms with Crippen LogP contribution < -0.4 is 0 Å². The summed E-state index contributed by atoms with van der Waals surface area (Å²) < 4.78 is 0. The van der Waals surface area contributed by atoms with Gasteiger partial charge in [-0.25, -0.2) is 0 Å². The predicted molar refractivity (Wildman–Crippen MR) is 126 cm³/mol. The first-order valence-corrected chi connectivity index (χ1v) is 12.9. The molecule has 0 radical (unpaired) electrons. The van der Waals surface area contributed by atoms with Crippen LogP contribution in [0.3, 0.4) is 0 Å². The van der Waals surface area contributed by atoms with Gasteiger partial charge in [0.05, 0.1) is 17.8 Å². The zero-order valence-electron chi connectivity index (χ0n) is 20.6. The van der Waals surface area contributed by atoms with Gasteiger partial charge in [0.15, 0.2) is 0 Å². The summed E-state index contributed by atoms with van der Waals surface area (Å²) in [7, 11) is 0. The fourth-order valence-electron chi connectivity index (χ4n) is 8.09. The van der Waals surface area contributed by atoms with Crippen LogP contribution in [0.25, 0.3) is 0 Å². The Morgan fingerprint density at radius 2 is 1.71 bits per heavy atom.